The van der Waals surface area contributed by atoms with Crippen LogP contribution in [0.4, 0.5) is 0 Å². The molecule has 0 saturated heterocycles. The van der Waals surface area contributed by atoms with Gasteiger partial charge in [-0.25, -0.2) is 0 Å². The summed E-state index contributed by atoms with van der Waals surface area (Å²) in [6.07, 6.45) is 3.74. The Labute approximate surface area is 93.9 Å². The SMILES string of the molecule is CNC(Cc1ccco1)Cc1cccs1. The first-order valence-corrected chi connectivity index (χ1v) is 5.98. The first-order chi connectivity index (χ1) is 7.38. The molecule has 2 rings (SSSR count). The number of hydrogen-bond acceptors (Lipinski definition) is 3. The summed E-state index contributed by atoms with van der Waals surface area (Å²) in [4.78, 5) is 1.42. The molecule has 0 aliphatic carbocycles. The van der Waals surface area contributed by atoms with E-state index in [0.717, 1.165) is 18.6 Å². The van der Waals surface area contributed by atoms with Gasteiger partial charge < -0.3 is 9.73 Å². The van der Waals surface area contributed by atoms with Crippen LogP contribution >= 0.6 is 11.3 Å². The molecule has 2 heterocycles. The van der Waals surface area contributed by atoms with E-state index in [-0.39, 0.29) is 0 Å². The van der Waals surface area contributed by atoms with Crippen molar-refractivity contribution in [2.75, 3.05) is 7.05 Å². The summed E-state index contributed by atoms with van der Waals surface area (Å²) in [6, 6.07) is 8.69. The van der Waals surface area contributed by atoms with E-state index < -0.39 is 0 Å². The highest BCUT2D eigenvalue weighted by Gasteiger charge is 2.10. The molecule has 1 atom stereocenters. The van der Waals surface area contributed by atoms with Gasteiger partial charge in [0.1, 0.15) is 5.76 Å². The second-order valence-electron chi connectivity index (χ2n) is 3.55. The van der Waals surface area contributed by atoms with Crippen LogP contribution in [-0.2, 0) is 12.8 Å². The number of furan rings is 1. The Balaban J connectivity index is 1.93. The lowest BCUT2D eigenvalue weighted by atomic mass is 10.1. The average molecular weight is 221 g/mol. The zero-order valence-electron chi connectivity index (χ0n) is 8.77. The number of rotatable bonds is 5. The lowest BCUT2D eigenvalue weighted by Gasteiger charge is -2.13. The molecule has 0 aliphatic heterocycles. The van der Waals surface area contributed by atoms with Crippen LogP contribution in [0.2, 0.25) is 0 Å². The molecule has 1 N–H and O–H groups in total. The second kappa shape index (κ2) is 5.14. The molecule has 0 radical (unpaired) electrons. The van der Waals surface area contributed by atoms with Crippen molar-refractivity contribution < 1.29 is 4.42 Å². The van der Waals surface area contributed by atoms with Crippen LogP contribution in [0.15, 0.2) is 40.3 Å². The van der Waals surface area contributed by atoms with Gasteiger partial charge in [0.05, 0.1) is 6.26 Å². The van der Waals surface area contributed by atoms with E-state index in [2.05, 4.69) is 22.8 Å². The fourth-order valence-electron chi connectivity index (χ4n) is 1.62. The quantitative estimate of drug-likeness (QED) is 0.839. The molecule has 0 aromatic carbocycles. The van der Waals surface area contributed by atoms with Crippen molar-refractivity contribution >= 4 is 11.3 Å². The van der Waals surface area contributed by atoms with E-state index in [4.69, 9.17) is 4.42 Å². The van der Waals surface area contributed by atoms with Gasteiger partial charge in [-0.2, -0.15) is 0 Å². The standard InChI is InChI=1S/C12H15NOS/c1-13-10(8-11-4-2-6-14-11)9-12-5-3-7-15-12/h2-7,10,13H,8-9H2,1H3. The van der Waals surface area contributed by atoms with Gasteiger partial charge in [-0.15, -0.1) is 11.3 Å². The smallest absolute Gasteiger partial charge is 0.105 e. The van der Waals surface area contributed by atoms with Gasteiger partial charge in [-0.05, 0) is 37.0 Å². The van der Waals surface area contributed by atoms with Gasteiger partial charge in [0.2, 0.25) is 0 Å². The second-order valence-corrected chi connectivity index (χ2v) is 4.58. The molecule has 0 spiro atoms. The predicted octanol–water partition coefficient (Wildman–Crippen LogP) is 2.71. The Morgan fingerprint density at radius 3 is 2.87 bits per heavy atom. The normalized spacial score (nSPS) is 12.9. The van der Waals surface area contributed by atoms with Crippen molar-refractivity contribution in [3.05, 3.63) is 46.5 Å². The van der Waals surface area contributed by atoms with Gasteiger partial charge >= 0.3 is 0 Å². The minimum absolute atomic E-state index is 0.454. The highest BCUT2D eigenvalue weighted by Crippen LogP contribution is 2.13. The van der Waals surface area contributed by atoms with Crippen LogP contribution in [0, 0.1) is 0 Å². The van der Waals surface area contributed by atoms with Crippen LogP contribution in [0.5, 0.6) is 0 Å². The number of hydrogen-bond donors (Lipinski definition) is 1. The van der Waals surface area contributed by atoms with Crippen molar-refractivity contribution in [2.45, 2.75) is 18.9 Å². The Hall–Kier alpha value is -1.06. The first-order valence-electron chi connectivity index (χ1n) is 5.10. The fourth-order valence-corrected chi connectivity index (χ4v) is 2.41. The Kier molecular flexibility index (Phi) is 3.59. The van der Waals surface area contributed by atoms with E-state index in [0.29, 0.717) is 6.04 Å². The average Bonchev–Trinajstić information content (AvgIpc) is 2.89. The zero-order valence-corrected chi connectivity index (χ0v) is 9.59. The maximum absolute atomic E-state index is 5.35. The molecular formula is C12H15NOS. The molecule has 0 saturated carbocycles. The van der Waals surface area contributed by atoms with E-state index >= 15 is 0 Å². The molecule has 15 heavy (non-hydrogen) atoms. The molecule has 80 valence electrons. The molecule has 0 bridgehead atoms. The number of thiophene rings is 1. The van der Waals surface area contributed by atoms with Gasteiger partial charge in [0, 0.05) is 17.3 Å². The Bertz CT molecular complexity index is 330. The summed E-state index contributed by atoms with van der Waals surface area (Å²) in [5.41, 5.74) is 0. The molecule has 2 aromatic heterocycles. The van der Waals surface area contributed by atoms with Gasteiger partial charge in [0.25, 0.3) is 0 Å². The summed E-state index contributed by atoms with van der Waals surface area (Å²) >= 11 is 1.81. The van der Waals surface area contributed by atoms with Crippen LogP contribution in [0.25, 0.3) is 0 Å². The van der Waals surface area contributed by atoms with Gasteiger partial charge in [-0.3, -0.25) is 0 Å². The van der Waals surface area contributed by atoms with Crippen molar-refractivity contribution in [2.24, 2.45) is 0 Å². The fraction of sp³-hybridized carbons (Fsp3) is 0.333. The highest BCUT2D eigenvalue weighted by molar-refractivity contribution is 7.09. The van der Waals surface area contributed by atoms with Gasteiger partial charge in [0.15, 0.2) is 0 Å². The lowest BCUT2D eigenvalue weighted by molar-refractivity contribution is 0.458. The third kappa shape index (κ3) is 2.94. The lowest BCUT2D eigenvalue weighted by Crippen LogP contribution is -2.29. The molecule has 1 unspecified atom stereocenters. The third-order valence-corrected chi connectivity index (χ3v) is 3.36. The number of likely N-dealkylation sites (N-methyl/N-ethyl adjacent to an activating group) is 1. The predicted molar refractivity (Wildman–Crippen MR) is 63.3 cm³/mol. The van der Waals surface area contributed by atoms with Crippen LogP contribution in [0.3, 0.4) is 0 Å². The van der Waals surface area contributed by atoms with E-state index in [1.165, 1.54) is 4.88 Å². The molecule has 0 fully saturated rings. The molecular weight excluding hydrogens is 206 g/mol. The largest absolute Gasteiger partial charge is 0.469 e. The zero-order chi connectivity index (χ0) is 10.5. The Morgan fingerprint density at radius 2 is 2.27 bits per heavy atom. The van der Waals surface area contributed by atoms with Crippen LogP contribution in [-0.4, -0.2) is 13.1 Å². The number of nitrogens with one attached hydrogen (secondary N) is 1. The summed E-state index contributed by atoms with van der Waals surface area (Å²) in [7, 11) is 2.00. The van der Waals surface area contributed by atoms with E-state index in [1.807, 2.05) is 30.5 Å². The van der Waals surface area contributed by atoms with Crippen LogP contribution in [0.1, 0.15) is 10.6 Å². The summed E-state index contributed by atoms with van der Waals surface area (Å²) < 4.78 is 5.35. The van der Waals surface area contributed by atoms with Crippen molar-refractivity contribution in [3.63, 3.8) is 0 Å². The topological polar surface area (TPSA) is 25.2 Å². The molecule has 2 nitrogen and oxygen atoms in total. The van der Waals surface area contributed by atoms with E-state index in [1.54, 1.807) is 6.26 Å². The molecule has 0 aliphatic rings. The maximum Gasteiger partial charge on any atom is 0.105 e. The van der Waals surface area contributed by atoms with E-state index in [9.17, 15) is 0 Å². The minimum Gasteiger partial charge on any atom is -0.469 e. The van der Waals surface area contributed by atoms with Crippen molar-refractivity contribution in [1.29, 1.82) is 0 Å². The van der Waals surface area contributed by atoms with Crippen LogP contribution < -0.4 is 5.32 Å². The molecule has 3 heteroatoms. The molecule has 2 aromatic rings. The summed E-state index contributed by atoms with van der Waals surface area (Å²) in [5, 5.41) is 5.45. The maximum atomic E-state index is 5.35. The van der Waals surface area contributed by atoms with Crippen molar-refractivity contribution in [1.82, 2.24) is 5.32 Å². The summed E-state index contributed by atoms with van der Waals surface area (Å²) in [6.45, 7) is 0. The minimum atomic E-state index is 0.454. The summed E-state index contributed by atoms with van der Waals surface area (Å²) in [5.74, 6) is 1.05. The molecule has 0 amide bonds. The monoisotopic (exact) mass is 221 g/mol. The first kappa shape index (κ1) is 10.5. The van der Waals surface area contributed by atoms with Crippen molar-refractivity contribution in [3.8, 4) is 0 Å². The van der Waals surface area contributed by atoms with Gasteiger partial charge in [-0.1, -0.05) is 6.07 Å². The Morgan fingerprint density at radius 1 is 1.33 bits per heavy atom. The highest BCUT2D eigenvalue weighted by atomic mass is 32.1. The third-order valence-electron chi connectivity index (χ3n) is 2.46.